The van der Waals surface area contributed by atoms with Crippen molar-refractivity contribution in [1.29, 1.82) is 0 Å². The Balaban J connectivity index is 3.39. The van der Waals surface area contributed by atoms with E-state index in [1.54, 1.807) is 0 Å². The number of hydrogen-bond acceptors (Lipinski definition) is 0. The predicted molar refractivity (Wildman–Crippen MR) is 49.8 cm³/mol. The minimum atomic E-state index is -0.103. The first-order valence-electron chi connectivity index (χ1n) is 4.22. The van der Waals surface area contributed by atoms with Crippen LogP contribution < -0.4 is 0 Å². The summed E-state index contributed by atoms with van der Waals surface area (Å²) in [5.74, 6) is 0. The predicted octanol–water partition coefficient (Wildman–Crippen LogP) is 2.85. The topological polar surface area (TPSA) is 19.9 Å². The molecule has 0 unspecified atom stereocenters. The molecule has 0 fully saturated rings. The number of benzene rings is 1. The Hall–Kier alpha value is -0.820. The molecule has 65 valence electrons. The van der Waals surface area contributed by atoms with E-state index >= 15 is 0 Å². The van der Waals surface area contributed by atoms with Crippen molar-refractivity contribution in [2.45, 2.75) is 34.3 Å². The van der Waals surface area contributed by atoms with Gasteiger partial charge in [-0.2, -0.15) is 0 Å². The summed E-state index contributed by atoms with van der Waals surface area (Å²) in [6, 6.07) is 2.00. The van der Waals surface area contributed by atoms with Crippen LogP contribution in [0, 0.1) is 27.7 Å². The van der Waals surface area contributed by atoms with Gasteiger partial charge in [-0.3, -0.25) is 0 Å². The Morgan fingerprint density at radius 1 is 1.00 bits per heavy atom. The van der Waals surface area contributed by atoms with Crippen LogP contribution in [0.4, 0.5) is 0 Å². The quantitative estimate of drug-likeness (QED) is 0.606. The first kappa shape index (κ1) is 9.27. The Bertz CT molecular complexity index is 300. The highest BCUT2D eigenvalue weighted by Crippen LogP contribution is 2.20. The molecule has 0 aliphatic heterocycles. The highest BCUT2D eigenvalue weighted by Gasteiger charge is 2.05. The van der Waals surface area contributed by atoms with E-state index in [0.29, 0.717) is 0 Å². The van der Waals surface area contributed by atoms with Crippen LogP contribution in [0.1, 0.15) is 27.8 Å². The normalized spacial score (nSPS) is 10.4. The van der Waals surface area contributed by atoms with E-state index in [9.17, 15) is 5.11 Å². The molecule has 1 nitrogen and oxygen atoms in total. The second-order valence-electron chi connectivity index (χ2n) is 3.37. The van der Waals surface area contributed by atoms with Gasteiger partial charge in [0.15, 0.2) is 0 Å². The van der Waals surface area contributed by atoms with Crippen molar-refractivity contribution in [2.75, 3.05) is 0 Å². The second kappa shape index (κ2) is 3.28. The van der Waals surface area contributed by atoms with Gasteiger partial charge in [0, 0.05) is 0 Å². The van der Waals surface area contributed by atoms with Gasteiger partial charge >= 0.3 is 0 Å². The lowest BCUT2D eigenvalue weighted by molar-refractivity contribution is 0.177. The molecular weight excluding hydrogens is 148 g/mol. The van der Waals surface area contributed by atoms with E-state index in [1.807, 2.05) is 13.0 Å². The molecule has 0 bridgehead atoms. The van der Waals surface area contributed by atoms with Crippen molar-refractivity contribution in [1.82, 2.24) is 0 Å². The molecule has 0 aromatic heterocycles. The second-order valence-corrected chi connectivity index (χ2v) is 3.37. The molecule has 0 amide bonds. The van der Waals surface area contributed by atoms with Gasteiger partial charge in [-0.1, -0.05) is 6.07 Å². The lowest BCUT2D eigenvalue weighted by Crippen LogP contribution is -1.96. The van der Waals surface area contributed by atoms with Crippen molar-refractivity contribution in [2.24, 2.45) is 0 Å². The molecule has 12 heavy (non-hydrogen) atoms. The number of rotatable bonds is 1. The third-order valence-electron chi connectivity index (χ3n) is 2.74. The van der Waals surface area contributed by atoms with E-state index in [-0.39, 0.29) is 6.61 Å². The van der Waals surface area contributed by atoms with Gasteiger partial charge in [0.1, 0.15) is 6.61 Å². The van der Waals surface area contributed by atoms with Crippen LogP contribution in [0.15, 0.2) is 6.07 Å². The number of hydrogen-bond donors (Lipinski definition) is 0. The fraction of sp³-hybridized carbons (Fsp3) is 0.455. The SMILES string of the molecule is Cc1cc(C[O])c(C)c(C)c1C. The zero-order valence-corrected chi connectivity index (χ0v) is 8.19. The fourth-order valence-corrected chi connectivity index (χ4v) is 1.45. The van der Waals surface area contributed by atoms with Gasteiger partial charge < -0.3 is 0 Å². The molecule has 0 aliphatic rings. The average molecular weight is 163 g/mol. The van der Waals surface area contributed by atoms with Crippen LogP contribution in [0.3, 0.4) is 0 Å². The Morgan fingerprint density at radius 3 is 2.08 bits per heavy atom. The average Bonchev–Trinajstić information content (AvgIpc) is 2.08. The van der Waals surface area contributed by atoms with E-state index in [4.69, 9.17) is 0 Å². The monoisotopic (exact) mass is 163 g/mol. The molecule has 0 atom stereocenters. The number of aryl methyl sites for hydroxylation is 1. The minimum Gasteiger partial charge on any atom is -0.232 e. The molecule has 0 saturated carbocycles. The van der Waals surface area contributed by atoms with Crippen molar-refractivity contribution in [3.05, 3.63) is 33.9 Å². The highest BCUT2D eigenvalue weighted by molar-refractivity contribution is 5.43. The molecule has 0 N–H and O–H groups in total. The van der Waals surface area contributed by atoms with Gasteiger partial charge in [0.05, 0.1) is 0 Å². The van der Waals surface area contributed by atoms with Gasteiger partial charge in [-0.15, -0.1) is 0 Å². The summed E-state index contributed by atoms with van der Waals surface area (Å²) < 4.78 is 0. The van der Waals surface area contributed by atoms with E-state index < -0.39 is 0 Å². The zero-order valence-electron chi connectivity index (χ0n) is 8.19. The summed E-state index contributed by atoms with van der Waals surface area (Å²) >= 11 is 0. The molecular formula is C11H15O. The Kier molecular flexibility index (Phi) is 2.53. The van der Waals surface area contributed by atoms with Crippen LogP contribution in [0.2, 0.25) is 0 Å². The maximum Gasteiger partial charge on any atom is 0.108 e. The Morgan fingerprint density at radius 2 is 1.58 bits per heavy atom. The zero-order chi connectivity index (χ0) is 9.30. The van der Waals surface area contributed by atoms with Crippen molar-refractivity contribution >= 4 is 0 Å². The van der Waals surface area contributed by atoms with E-state index in [2.05, 4.69) is 20.8 Å². The third-order valence-corrected chi connectivity index (χ3v) is 2.74. The van der Waals surface area contributed by atoms with Crippen LogP contribution in [-0.4, -0.2) is 0 Å². The lowest BCUT2D eigenvalue weighted by atomic mass is 9.95. The van der Waals surface area contributed by atoms with Gasteiger partial charge in [0.2, 0.25) is 0 Å². The maximum atomic E-state index is 10.8. The molecule has 1 aromatic carbocycles. The standard InChI is InChI=1S/C11H15O/c1-7-5-11(6-12)10(4)9(3)8(7)2/h5H,6H2,1-4H3. The smallest absolute Gasteiger partial charge is 0.108 e. The van der Waals surface area contributed by atoms with Crippen LogP contribution in [0.25, 0.3) is 0 Å². The summed E-state index contributed by atoms with van der Waals surface area (Å²) in [6.45, 7) is 8.16. The van der Waals surface area contributed by atoms with Crippen LogP contribution in [0.5, 0.6) is 0 Å². The lowest BCUT2D eigenvalue weighted by Gasteiger charge is -2.11. The summed E-state index contributed by atoms with van der Waals surface area (Å²) in [5.41, 5.74) is 5.90. The van der Waals surface area contributed by atoms with Gasteiger partial charge in [-0.05, 0) is 55.5 Å². The van der Waals surface area contributed by atoms with Gasteiger partial charge in [0.25, 0.3) is 0 Å². The molecule has 1 aromatic rings. The highest BCUT2D eigenvalue weighted by atomic mass is 16.3. The fourth-order valence-electron chi connectivity index (χ4n) is 1.45. The Labute approximate surface area is 74.1 Å². The van der Waals surface area contributed by atoms with Crippen molar-refractivity contribution < 1.29 is 5.11 Å². The van der Waals surface area contributed by atoms with Crippen molar-refractivity contribution in [3.63, 3.8) is 0 Å². The van der Waals surface area contributed by atoms with Crippen LogP contribution in [-0.2, 0) is 11.7 Å². The third kappa shape index (κ3) is 1.37. The first-order chi connectivity index (χ1) is 5.57. The molecule has 0 aliphatic carbocycles. The maximum absolute atomic E-state index is 10.8. The molecule has 1 rings (SSSR count). The van der Waals surface area contributed by atoms with Crippen LogP contribution >= 0.6 is 0 Å². The summed E-state index contributed by atoms with van der Waals surface area (Å²) in [6.07, 6.45) is 0. The summed E-state index contributed by atoms with van der Waals surface area (Å²) in [5, 5.41) is 10.8. The largest absolute Gasteiger partial charge is 0.232 e. The van der Waals surface area contributed by atoms with Gasteiger partial charge in [-0.25, -0.2) is 5.11 Å². The molecule has 0 spiro atoms. The van der Waals surface area contributed by atoms with Crippen molar-refractivity contribution in [3.8, 4) is 0 Å². The summed E-state index contributed by atoms with van der Waals surface area (Å²) in [7, 11) is 0. The molecule has 1 radical (unpaired) electrons. The molecule has 0 heterocycles. The summed E-state index contributed by atoms with van der Waals surface area (Å²) in [4.78, 5) is 0. The van der Waals surface area contributed by atoms with E-state index in [1.165, 1.54) is 16.7 Å². The molecule has 1 heteroatoms. The molecule has 0 saturated heterocycles. The first-order valence-corrected chi connectivity index (χ1v) is 4.22. The van der Waals surface area contributed by atoms with E-state index in [0.717, 1.165) is 11.1 Å². The minimum absolute atomic E-state index is 0.103.